The number of carbonyl (C=O) groups excluding carboxylic acids is 2. The van der Waals surface area contributed by atoms with Crippen LogP contribution in [0.3, 0.4) is 0 Å². The van der Waals surface area contributed by atoms with Crippen molar-refractivity contribution >= 4 is 17.6 Å². The Morgan fingerprint density at radius 1 is 0.559 bits per heavy atom. The Morgan fingerprint density at radius 3 is 1.24 bits per heavy atom. The van der Waals surface area contributed by atoms with Gasteiger partial charge in [-0.2, -0.15) is 0 Å². The standard InChI is InChI=1S/C22H18O4.C6H6FN/c23-21(25-15-17-7-3-1-4-8-17)19-11-13-20(14-12-19)22(24)26-16-18-9-5-2-6-10-18;7-8-6-4-2-1-3-5-6/h1-14H,15-16H2;1-5,8H. The first-order valence-electron chi connectivity index (χ1n) is 10.6. The van der Waals surface area contributed by atoms with Gasteiger partial charge in [0.15, 0.2) is 0 Å². The van der Waals surface area contributed by atoms with Crippen LogP contribution in [0, 0.1) is 0 Å². The summed E-state index contributed by atoms with van der Waals surface area (Å²) in [4.78, 5) is 24.1. The first kappa shape index (κ1) is 24.2. The molecule has 0 aliphatic carbocycles. The molecule has 0 aliphatic heterocycles. The second-order valence-corrected chi connectivity index (χ2v) is 7.16. The van der Waals surface area contributed by atoms with Gasteiger partial charge in [0.25, 0.3) is 0 Å². The fourth-order valence-corrected chi connectivity index (χ4v) is 2.86. The molecule has 0 radical (unpaired) electrons. The van der Waals surface area contributed by atoms with E-state index in [0.717, 1.165) is 11.1 Å². The molecule has 34 heavy (non-hydrogen) atoms. The summed E-state index contributed by atoms with van der Waals surface area (Å²) in [6, 6.07) is 33.8. The molecule has 4 aromatic carbocycles. The first-order chi connectivity index (χ1) is 16.7. The van der Waals surface area contributed by atoms with E-state index < -0.39 is 11.9 Å². The summed E-state index contributed by atoms with van der Waals surface area (Å²) in [5, 5.41) is 0. The third-order valence-corrected chi connectivity index (χ3v) is 4.66. The number of halogens is 1. The molecular weight excluding hydrogens is 433 g/mol. The fourth-order valence-electron chi connectivity index (χ4n) is 2.86. The van der Waals surface area contributed by atoms with Crippen molar-refractivity contribution in [1.82, 2.24) is 0 Å². The van der Waals surface area contributed by atoms with E-state index >= 15 is 0 Å². The van der Waals surface area contributed by atoms with E-state index in [-0.39, 0.29) is 13.2 Å². The van der Waals surface area contributed by atoms with Gasteiger partial charge in [-0.15, -0.1) is 4.48 Å². The summed E-state index contributed by atoms with van der Waals surface area (Å²) >= 11 is 0. The molecule has 5 nitrogen and oxygen atoms in total. The van der Waals surface area contributed by atoms with Crippen molar-refractivity contribution in [1.29, 1.82) is 0 Å². The number of anilines is 1. The van der Waals surface area contributed by atoms with Crippen molar-refractivity contribution in [2.45, 2.75) is 13.2 Å². The molecule has 0 spiro atoms. The van der Waals surface area contributed by atoms with Gasteiger partial charge in [0.05, 0.1) is 16.8 Å². The number of nitrogens with one attached hydrogen (secondary N) is 1. The van der Waals surface area contributed by atoms with E-state index in [2.05, 4.69) is 0 Å². The fraction of sp³-hybridized carbons (Fsp3) is 0.0714. The van der Waals surface area contributed by atoms with Crippen LogP contribution in [0.25, 0.3) is 0 Å². The van der Waals surface area contributed by atoms with E-state index in [1.54, 1.807) is 48.5 Å². The molecule has 0 heterocycles. The smallest absolute Gasteiger partial charge is 0.338 e. The Bertz CT molecular complexity index is 1080. The third-order valence-electron chi connectivity index (χ3n) is 4.66. The molecule has 0 unspecified atom stereocenters. The zero-order valence-corrected chi connectivity index (χ0v) is 18.4. The lowest BCUT2D eigenvalue weighted by molar-refractivity contribution is 0.0458. The molecule has 4 aromatic rings. The number of ether oxygens (including phenoxy) is 2. The summed E-state index contributed by atoms with van der Waals surface area (Å²) in [5.41, 5.74) is 4.64. The van der Waals surface area contributed by atoms with Crippen molar-refractivity contribution in [2.24, 2.45) is 0 Å². The van der Waals surface area contributed by atoms with E-state index in [1.165, 1.54) is 5.54 Å². The van der Waals surface area contributed by atoms with E-state index in [9.17, 15) is 14.1 Å². The molecule has 0 fully saturated rings. The van der Waals surface area contributed by atoms with Crippen LogP contribution in [0.4, 0.5) is 10.2 Å². The molecule has 0 atom stereocenters. The van der Waals surface area contributed by atoms with Gasteiger partial charge in [0.2, 0.25) is 0 Å². The minimum absolute atomic E-state index is 0.209. The van der Waals surface area contributed by atoms with Gasteiger partial charge in [-0.05, 0) is 47.5 Å². The van der Waals surface area contributed by atoms with Gasteiger partial charge >= 0.3 is 11.9 Å². The first-order valence-corrected chi connectivity index (χ1v) is 10.6. The zero-order valence-electron chi connectivity index (χ0n) is 18.4. The molecule has 0 amide bonds. The van der Waals surface area contributed by atoms with E-state index in [4.69, 9.17) is 9.47 Å². The molecule has 0 saturated heterocycles. The highest BCUT2D eigenvalue weighted by molar-refractivity contribution is 5.93. The van der Waals surface area contributed by atoms with Crippen LogP contribution in [-0.4, -0.2) is 11.9 Å². The van der Waals surface area contributed by atoms with Crippen LogP contribution in [-0.2, 0) is 22.7 Å². The second-order valence-electron chi connectivity index (χ2n) is 7.16. The van der Waals surface area contributed by atoms with Gasteiger partial charge in [0.1, 0.15) is 13.2 Å². The molecule has 0 bridgehead atoms. The van der Waals surface area contributed by atoms with Gasteiger partial charge in [-0.25, -0.2) is 15.1 Å². The van der Waals surface area contributed by atoms with Crippen LogP contribution in [0.5, 0.6) is 0 Å². The highest BCUT2D eigenvalue weighted by atomic mass is 19.2. The average molecular weight is 458 g/mol. The van der Waals surface area contributed by atoms with Crippen LogP contribution < -0.4 is 5.54 Å². The third kappa shape index (κ3) is 7.91. The largest absolute Gasteiger partial charge is 0.457 e. The quantitative estimate of drug-likeness (QED) is 0.258. The maximum atomic E-state index is 12.1. The average Bonchev–Trinajstić information content (AvgIpc) is 2.92. The lowest BCUT2D eigenvalue weighted by Gasteiger charge is -2.07. The number of esters is 2. The van der Waals surface area contributed by atoms with Crippen LogP contribution in [0.2, 0.25) is 0 Å². The maximum Gasteiger partial charge on any atom is 0.338 e. The van der Waals surface area contributed by atoms with Gasteiger partial charge in [0, 0.05) is 0 Å². The van der Waals surface area contributed by atoms with Crippen LogP contribution in [0.15, 0.2) is 115 Å². The van der Waals surface area contributed by atoms with Crippen molar-refractivity contribution in [3.05, 3.63) is 138 Å². The Balaban J connectivity index is 0.000000343. The molecule has 172 valence electrons. The number of para-hydroxylation sites is 1. The predicted octanol–water partition coefficient (Wildman–Crippen LogP) is 6.38. The van der Waals surface area contributed by atoms with Crippen LogP contribution >= 0.6 is 0 Å². The number of rotatable bonds is 7. The number of carbonyl (C=O) groups is 2. The van der Waals surface area contributed by atoms with Crippen molar-refractivity contribution in [3.8, 4) is 0 Å². The summed E-state index contributed by atoms with van der Waals surface area (Å²) < 4.78 is 22.0. The van der Waals surface area contributed by atoms with E-state index in [1.807, 2.05) is 66.7 Å². The molecule has 6 heteroatoms. The Hall–Kier alpha value is -4.45. The van der Waals surface area contributed by atoms with Crippen molar-refractivity contribution in [3.63, 3.8) is 0 Å². The Labute approximate surface area is 197 Å². The zero-order chi connectivity index (χ0) is 24.0. The van der Waals surface area contributed by atoms with Gasteiger partial charge in [-0.1, -0.05) is 78.9 Å². The van der Waals surface area contributed by atoms with Gasteiger partial charge in [-0.3, -0.25) is 0 Å². The highest BCUT2D eigenvalue weighted by Crippen LogP contribution is 2.11. The predicted molar refractivity (Wildman–Crippen MR) is 129 cm³/mol. The van der Waals surface area contributed by atoms with E-state index in [0.29, 0.717) is 16.8 Å². The van der Waals surface area contributed by atoms with Crippen molar-refractivity contribution < 1.29 is 23.5 Å². The van der Waals surface area contributed by atoms with Gasteiger partial charge < -0.3 is 9.47 Å². The van der Waals surface area contributed by atoms with Crippen molar-refractivity contribution in [2.75, 3.05) is 5.54 Å². The van der Waals surface area contributed by atoms with Crippen LogP contribution in [0.1, 0.15) is 31.8 Å². The maximum absolute atomic E-state index is 12.1. The monoisotopic (exact) mass is 457 g/mol. The molecule has 0 aliphatic rings. The lowest BCUT2D eigenvalue weighted by Crippen LogP contribution is -2.08. The number of hydrogen-bond acceptors (Lipinski definition) is 5. The second kappa shape index (κ2) is 13.2. The molecule has 4 rings (SSSR count). The molecule has 1 N–H and O–H groups in total. The summed E-state index contributed by atoms with van der Waals surface area (Å²) in [7, 11) is 0. The SMILES string of the molecule is FNc1ccccc1.O=C(OCc1ccccc1)c1ccc(C(=O)OCc2ccccc2)cc1. The minimum Gasteiger partial charge on any atom is -0.457 e. The minimum atomic E-state index is -0.432. The summed E-state index contributed by atoms with van der Waals surface area (Å²) in [5.74, 6) is -0.865. The summed E-state index contributed by atoms with van der Waals surface area (Å²) in [6.07, 6.45) is 0. The molecule has 0 aromatic heterocycles. The molecule has 0 saturated carbocycles. The Morgan fingerprint density at radius 2 is 0.912 bits per heavy atom. The highest BCUT2D eigenvalue weighted by Gasteiger charge is 2.11. The Kier molecular flexibility index (Phi) is 9.38. The molecular formula is C28H24FNO4. The number of benzene rings is 4. The number of hydrogen-bond donors (Lipinski definition) is 1. The normalized spacial score (nSPS) is 9.79. The lowest BCUT2D eigenvalue weighted by atomic mass is 10.1. The summed E-state index contributed by atoms with van der Waals surface area (Å²) in [6.45, 7) is 0.418. The topological polar surface area (TPSA) is 64.6 Å².